The van der Waals surface area contributed by atoms with Gasteiger partial charge < -0.3 is 25.1 Å². The number of hydrogen-bond donors (Lipinski definition) is 3. The molecule has 0 saturated carbocycles. The molecule has 0 bridgehead atoms. The van der Waals surface area contributed by atoms with Crippen LogP contribution in [0, 0.1) is 0 Å². The van der Waals surface area contributed by atoms with Crippen LogP contribution in [0.3, 0.4) is 0 Å². The molecule has 0 aliphatic carbocycles. The fraction of sp³-hybridized carbons (Fsp3) is 0.250. The first-order valence-electron chi connectivity index (χ1n) is 10.2. The summed E-state index contributed by atoms with van der Waals surface area (Å²) in [5, 5.41) is 8.72. The summed E-state index contributed by atoms with van der Waals surface area (Å²) in [7, 11) is 0. The summed E-state index contributed by atoms with van der Waals surface area (Å²) in [6.45, 7) is 4.87. The van der Waals surface area contributed by atoms with Crippen LogP contribution in [0.2, 0.25) is 0 Å². The largest absolute Gasteiger partial charge is 0.491 e. The highest BCUT2D eigenvalue weighted by atomic mass is 16.5. The highest BCUT2D eigenvalue weighted by Crippen LogP contribution is 2.14. The third-order valence-corrected chi connectivity index (χ3v) is 4.39. The Labute approximate surface area is 181 Å². The molecule has 2 amide bonds. The normalized spacial score (nSPS) is 10.5. The van der Waals surface area contributed by atoms with Gasteiger partial charge in [-0.2, -0.15) is 0 Å². The molecule has 1 aromatic heterocycles. The Morgan fingerprint density at radius 2 is 1.68 bits per heavy atom. The van der Waals surface area contributed by atoms with Crippen LogP contribution in [-0.4, -0.2) is 24.5 Å². The second-order valence-corrected chi connectivity index (χ2v) is 7.28. The van der Waals surface area contributed by atoms with Gasteiger partial charge in [0, 0.05) is 17.8 Å². The van der Waals surface area contributed by atoms with Gasteiger partial charge in [0.2, 0.25) is 5.91 Å². The van der Waals surface area contributed by atoms with Crippen molar-refractivity contribution in [2.75, 3.05) is 11.9 Å². The number of ether oxygens (including phenoxy) is 1. The zero-order valence-corrected chi connectivity index (χ0v) is 17.7. The van der Waals surface area contributed by atoms with E-state index in [2.05, 4.69) is 16.0 Å². The van der Waals surface area contributed by atoms with Crippen molar-refractivity contribution in [1.82, 2.24) is 10.6 Å². The molecule has 0 atom stereocenters. The Morgan fingerprint density at radius 1 is 0.935 bits per heavy atom. The fourth-order valence-corrected chi connectivity index (χ4v) is 2.83. The summed E-state index contributed by atoms with van der Waals surface area (Å²) < 4.78 is 10.8. The minimum Gasteiger partial charge on any atom is -0.491 e. The molecule has 0 saturated heterocycles. The second-order valence-electron chi connectivity index (χ2n) is 7.28. The molecule has 162 valence electrons. The summed E-state index contributed by atoms with van der Waals surface area (Å²) in [5.74, 6) is 1.19. The lowest BCUT2D eigenvalue weighted by Crippen LogP contribution is -2.29. The van der Waals surface area contributed by atoms with E-state index in [4.69, 9.17) is 9.15 Å². The van der Waals surface area contributed by atoms with Crippen molar-refractivity contribution >= 4 is 17.5 Å². The Bertz CT molecular complexity index is 965. The van der Waals surface area contributed by atoms with E-state index in [1.54, 1.807) is 42.7 Å². The van der Waals surface area contributed by atoms with Crippen molar-refractivity contribution in [3.63, 3.8) is 0 Å². The SMILES string of the molecule is CC(C)Oc1ccc(CNC(=O)CNc2ccc(C(=O)NCc3ccco3)cc2)cc1. The van der Waals surface area contributed by atoms with Crippen LogP contribution < -0.4 is 20.7 Å². The zero-order valence-electron chi connectivity index (χ0n) is 17.7. The topological polar surface area (TPSA) is 92.6 Å². The number of nitrogens with one attached hydrogen (secondary N) is 3. The van der Waals surface area contributed by atoms with Gasteiger partial charge in [-0.25, -0.2) is 0 Å². The number of carbonyl (C=O) groups is 2. The van der Waals surface area contributed by atoms with Gasteiger partial charge in [0.15, 0.2) is 0 Å². The molecule has 0 radical (unpaired) electrons. The summed E-state index contributed by atoms with van der Waals surface area (Å²) in [4.78, 5) is 24.3. The molecule has 1 heterocycles. The summed E-state index contributed by atoms with van der Waals surface area (Å²) in [6.07, 6.45) is 1.69. The first-order chi connectivity index (χ1) is 15.0. The minimum atomic E-state index is -0.189. The van der Waals surface area contributed by atoms with Crippen LogP contribution in [0.4, 0.5) is 5.69 Å². The standard InChI is InChI=1S/C24H27N3O4/c1-17(2)31-21-11-5-18(6-12-21)14-26-23(28)16-25-20-9-7-19(8-10-20)24(29)27-15-22-4-3-13-30-22/h3-13,17,25H,14-16H2,1-2H3,(H,26,28)(H,27,29). The number of hydrogen-bond acceptors (Lipinski definition) is 5. The van der Waals surface area contributed by atoms with E-state index < -0.39 is 0 Å². The lowest BCUT2D eigenvalue weighted by molar-refractivity contribution is -0.119. The van der Waals surface area contributed by atoms with Crippen molar-refractivity contribution in [3.8, 4) is 5.75 Å². The third kappa shape index (κ3) is 7.22. The van der Waals surface area contributed by atoms with Crippen LogP contribution >= 0.6 is 0 Å². The van der Waals surface area contributed by atoms with Crippen LogP contribution in [0.5, 0.6) is 5.75 Å². The molecule has 2 aromatic carbocycles. The minimum absolute atomic E-state index is 0.122. The van der Waals surface area contributed by atoms with E-state index >= 15 is 0 Å². The summed E-state index contributed by atoms with van der Waals surface area (Å²) in [5.41, 5.74) is 2.29. The first-order valence-corrected chi connectivity index (χ1v) is 10.2. The molecular weight excluding hydrogens is 394 g/mol. The van der Waals surface area contributed by atoms with Crippen molar-refractivity contribution in [1.29, 1.82) is 0 Å². The number of benzene rings is 2. The monoisotopic (exact) mass is 421 g/mol. The fourth-order valence-electron chi connectivity index (χ4n) is 2.83. The van der Waals surface area contributed by atoms with Gasteiger partial charge in [-0.15, -0.1) is 0 Å². The molecule has 0 aliphatic heterocycles. The molecule has 0 spiro atoms. The van der Waals surface area contributed by atoms with Crippen molar-refractivity contribution in [3.05, 3.63) is 83.8 Å². The van der Waals surface area contributed by atoms with E-state index in [0.717, 1.165) is 17.0 Å². The summed E-state index contributed by atoms with van der Waals surface area (Å²) >= 11 is 0. The third-order valence-electron chi connectivity index (χ3n) is 4.39. The van der Waals surface area contributed by atoms with Gasteiger partial charge in [-0.05, 0) is 67.9 Å². The number of amides is 2. The van der Waals surface area contributed by atoms with Gasteiger partial charge in [0.05, 0.1) is 25.5 Å². The van der Waals surface area contributed by atoms with E-state index in [1.807, 2.05) is 38.1 Å². The van der Waals surface area contributed by atoms with E-state index in [0.29, 0.717) is 24.4 Å². The molecule has 0 unspecified atom stereocenters. The first kappa shape index (κ1) is 22.0. The van der Waals surface area contributed by atoms with E-state index in [9.17, 15) is 9.59 Å². The quantitative estimate of drug-likeness (QED) is 0.464. The van der Waals surface area contributed by atoms with Crippen LogP contribution in [0.25, 0.3) is 0 Å². The Balaban J connectivity index is 1.39. The Morgan fingerprint density at radius 3 is 2.32 bits per heavy atom. The molecular formula is C24H27N3O4. The predicted molar refractivity (Wildman–Crippen MR) is 119 cm³/mol. The number of anilines is 1. The number of rotatable bonds is 10. The number of carbonyl (C=O) groups excluding carboxylic acids is 2. The summed E-state index contributed by atoms with van der Waals surface area (Å²) in [6, 6.07) is 18.2. The highest BCUT2D eigenvalue weighted by molar-refractivity contribution is 5.94. The van der Waals surface area contributed by atoms with Crippen LogP contribution in [0.1, 0.15) is 35.5 Å². The second kappa shape index (κ2) is 10.9. The smallest absolute Gasteiger partial charge is 0.251 e. The van der Waals surface area contributed by atoms with Crippen molar-refractivity contribution in [2.45, 2.75) is 33.0 Å². The lowest BCUT2D eigenvalue weighted by atomic mass is 10.2. The van der Waals surface area contributed by atoms with E-state index in [1.165, 1.54) is 0 Å². The predicted octanol–water partition coefficient (Wildman–Crippen LogP) is 3.73. The van der Waals surface area contributed by atoms with E-state index in [-0.39, 0.29) is 24.5 Å². The molecule has 7 heteroatoms. The molecule has 3 N–H and O–H groups in total. The molecule has 31 heavy (non-hydrogen) atoms. The van der Waals surface area contributed by atoms with Gasteiger partial charge in [-0.1, -0.05) is 12.1 Å². The Hall–Kier alpha value is -3.74. The average molecular weight is 421 g/mol. The molecule has 7 nitrogen and oxygen atoms in total. The van der Waals surface area contributed by atoms with Crippen molar-refractivity contribution in [2.24, 2.45) is 0 Å². The molecule has 3 aromatic rings. The van der Waals surface area contributed by atoms with Crippen LogP contribution in [-0.2, 0) is 17.9 Å². The highest BCUT2D eigenvalue weighted by Gasteiger charge is 2.07. The Kier molecular flexibility index (Phi) is 7.70. The maximum Gasteiger partial charge on any atom is 0.251 e. The molecule has 0 fully saturated rings. The van der Waals surface area contributed by atoms with Gasteiger partial charge in [0.25, 0.3) is 5.91 Å². The van der Waals surface area contributed by atoms with Crippen molar-refractivity contribution < 1.29 is 18.7 Å². The molecule has 0 aliphatic rings. The maximum absolute atomic E-state index is 12.2. The van der Waals surface area contributed by atoms with Crippen LogP contribution in [0.15, 0.2) is 71.3 Å². The van der Waals surface area contributed by atoms with Gasteiger partial charge in [0.1, 0.15) is 11.5 Å². The van der Waals surface area contributed by atoms with Gasteiger partial charge in [-0.3, -0.25) is 9.59 Å². The molecule has 3 rings (SSSR count). The zero-order chi connectivity index (χ0) is 22.1. The average Bonchev–Trinajstić information content (AvgIpc) is 3.29. The lowest BCUT2D eigenvalue weighted by Gasteiger charge is -2.11. The number of furan rings is 1. The van der Waals surface area contributed by atoms with Gasteiger partial charge >= 0.3 is 0 Å². The maximum atomic E-state index is 12.2.